The Bertz CT molecular complexity index is 1270. The van der Waals surface area contributed by atoms with Crippen molar-refractivity contribution in [2.75, 3.05) is 0 Å². The van der Waals surface area contributed by atoms with E-state index in [9.17, 15) is 14.9 Å². The van der Waals surface area contributed by atoms with Gasteiger partial charge in [-0.25, -0.2) is 9.38 Å². The van der Waals surface area contributed by atoms with E-state index >= 15 is 0 Å². The van der Waals surface area contributed by atoms with Gasteiger partial charge in [0, 0.05) is 11.6 Å². The molecule has 7 heteroatoms. The van der Waals surface area contributed by atoms with Gasteiger partial charge in [-0.1, -0.05) is 29.5 Å². The highest BCUT2D eigenvalue weighted by atomic mass is 32.1. The van der Waals surface area contributed by atoms with Gasteiger partial charge < -0.3 is 0 Å². The van der Waals surface area contributed by atoms with Gasteiger partial charge >= 0.3 is 0 Å². The molecule has 25 heavy (non-hydrogen) atoms. The third kappa shape index (κ3) is 2.40. The molecule has 0 unspecified atom stereocenters. The molecule has 124 valence electrons. The van der Waals surface area contributed by atoms with E-state index in [0.717, 1.165) is 16.6 Å². The number of nitrogens with zero attached hydrogens (tertiary/aromatic N) is 3. The molecule has 6 nitrogen and oxygen atoms in total. The number of thiazole rings is 1. The van der Waals surface area contributed by atoms with Gasteiger partial charge in [0.2, 0.25) is 0 Å². The van der Waals surface area contributed by atoms with E-state index in [0.29, 0.717) is 20.6 Å². The van der Waals surface area contributed by atoms with Crippen molar-refractivity contribution in [3.8, 4) is 0 Å². The highest BCUT2D eigenvalue weighted by Crippen LogP contribution is 2.24. The van der Waals surface area contributed by atoms with Crippen molar-refractivity contribution in [3.05, 3.63) is 78.1 Å². The highest BCUT2D eigenvalue weighted by molar-refractivity contribution is 7.15. The third-order valence-corrected chi connectivity index (χ3v) is 5.27. The summed E-state index contributed by atoms with van der Waals surface area (Å²) in [6.45, 7) is 3.55. The molecule has 0 atom stereocenters. The molecule has 2 aromatic carbocycles. The first-order valence-electron chi connectivity index (χ1n) is 7.63. The minimum atomic E-state index is -0.396. The quantitative estimate of drug-likeness (QED) is 0.411. The smallest absolute Gasteiger partial charge is 0.267 e. The van der Waals surface area contributed by atoms with E-state index < -0.39 is 4.92 Å². The zero-order chi connectivity index (χ0) is 17.7. The molecule has 0 aliphatic heterocycles. The lowest BCUT2D eigenvalue weighted by Crippen LogP contribution is -2.22. The Labute approximate surface area is 145 Å². The van der Waals surface area contributed by atoms with Crippen molar-refractivity contribution in [2.24, 2.45) is 0 Å². The average Bonchev–Trinajstić information content (AvgIpc) is 3.07. The Kier molecular flexibility index (Phi) is 3.40. The van der Waals surface area contributed by atoms with E-state index in [1.165, 1.54) is 17.4 Å². The van der Waals surface area contributed by atoms with Crippen LogP contribution in [0.4, 0.5) is 5.69 Å². The normalized spacial score (nSPS) is 12.3. The summed E-state index contributed by atoms with van der Waals surface area (Å²) in [7, 11) is 0. The largest absolute Gasteiger partial charge is 0.274 e. The Morgan fingerprint density at radius 2 is 2.00 bits per heavy atom. The molecule has 0 spiro atoms. The first-order valence-corrected chi connectivity index (χ1v) is 8.45. The first kappa shape index (κ1) is 15.5. The Balaban J connectivity index is 1.97. The number of nitro groups is 1. The summed E-state index contributed by atoms with van der Waals surface area (Å²) in [6.07, 6.45) is 1.69. The summed E-state index contributed by atoms with van der Waals surface area (Å²) < 4.78 is 2.09. The zero-order valence-electron chi connectivity index (χ0n) is 13.5. The minimum absolute atomic E-state index is 0.0606. The van der Waals surface area contributed by atoms with Crippen LogP contribution < -0.4 is 10.1 Å². The van der Waals surface area contributed by atoms with Crippen LogP contribution in [-0.4, -0.2) is 14.3 Å². The summed E-state index contributed by atoms with van der Waals surface area (Å²) in [4.78, 5) is 28.7. The number of rotatable bonds is 2. The van der Waals surface area contributed by atoms with Crippen LogP contribution in [0.1, 0.15) is 16.7 Å². The molecular weight excluding hydrogens is 338 g/mol. The second-order valence-electron chi connectivity index (χ2n) is 5.87. The predicted molar refractivity (Wildman–Crippen MR) is 98.2 cm³/mol. The summed E-state index contributed by atoms with van der Waals surface area (Å²) in [5, 5.41) is 11.2. The number of benzene rings is 2. The molecule has 4 rings (SSSR count). The number of fused-ring (bicyclic) bond motifs is 3. The second kappa shape index (κ2) is 5.49. The molecule has 0 bridgehead atoms. The van der Waals surface area contributed by atoms with Crippen molar-refractivity contribution in [2.45, 2.75) is 13.8 Å². The molecular formula is C18H13N3O3S. The van der Waals surface area contributed by atoms with Crippen molar-refractivity contribution in [1.29, 1.82) is 0 Å². The third-order valence-electron chi connectivity index (χ3n) is 4.30. The zero-order valence-corrected chi connectivity index (χ0v) is 14.3. The first-order chi connectivity index (χ1) is 12.0. The highest BCUT2D eigenvalue weighted by Gasteiger charge is 2.14. The van der Waals surface area contributed by atoms with Gasteiger partial charge in [0.05, 0.1) is 20.5 Å². The maximum Gasteiger partial charge on any atom is 0.274 e. The van der Waals surface area contributed by atoms with Crippen LogP contribution in [0.2, 0.25) is 0 Å². The van der Waals surface area contributed by atoms with Crippen LogP contribution in [0.3, 0.4) is 0 Å². The number of hydrogen-bond acceptors (Lipinski definition) is 5. The predicted octanol–water partition coefficient (Wildman–Crippen LogP) is 2.98. The fourth-order valence-corrected chi connectivity index (χ4v) is 3.89. The van der Waals surface area contributed by atoms with Gasteiger partial charge in [-0.2, -0.15) is 0 Å². The molecule has 0 saturated heterocycles. The lowest BCUT2D eigenvalue weighted by atomic mass is 10.0. The van der Waals surface area contributed by atoms with Gasteiger partial charge in [-0.3, -0.25) is 14.9 Å². The fraction of sp³-hybridized carbons (Fsp3) is 0.111. The lowest BCUT2D eigenvalue weighted by molar-refractivity contribution is -0.385. The molecule has 0 saturated carbocycles. The van der Waals surface area contributed by atoms with Crippen molar-refractivity contribution >= 4 is 39.1 Å². The van der Waals surface area contributed by atoms with Crippen LogP contribution in [0.5, 0.6) is 0 Å². The molecule has 0 radical (unpaired) electrons. The van der Waals surface area contributed by atoms with Crippen LogP contribution in [0, 0.1) is 24.0 Å². The van der Waals surface area contributed by atoms with Gasteiger partial charge in [-0.05, 0) is 43.2 Å². The van der Waals surface area contributed by atoms with Crippen molar-refractivity contribution in [1.82, 2.24) is 9.38 Å². The minimum Gasteiger partial charge on any atom is -0.267 e. The van der Waals surface area contributed by atoms with Crippen LogP contribution in [-0.2, 0) is 0 Å². The van der Waals surface area contributed by atoms with Gasteiger partial charge in [-0.15, -0.1) is 0 Å². The fourth-order valence-electron chi connectivity index (χ4n) is 2.90. The number of nitro benzene ring substituents is 1. The second-order valence-corrected chi connectivity index (χ2v) is 6.88. The number of aryl methyl sites for hydroxylation is 1. The van der Waals surface area contributed by atoms with Crippen LogP contribution >= 0.6 is 11.3 Å². The van der Waals surface area contributed by atoms with E-state index in [1.54, 1.807) is 17.4 Å². The van der Waals surface area contributed by atoms with E-state index in [-0.39, 0.29) is 11.2 Å². The molecule has 0 aliphatic rings. The Hall–Kier alpha value is -3.06. The summed E-state index contributed by atoms with van der Waals surface area (Å²) in [5.41, 5.74) is 3.54. The Morgan fingerprint density at radius 1 is 1.24 bits per heavy atom. The monoisotopic (exact) mass is 351 g/mol. The maximum atomic E-state index is 12.7. The van der Waals surface area contributed by atoms with Crippen molar-refractivity contribution < 1.29 is 4.92 Å². The topological polar surface area (TPSA) is 77.5 Å². The van der Waals surface area contributed by atoms with Gasteiger partial charge in [0.1, 0.15) is 0 Å². The summed E-state index contributed by atoms with van der Waals surface area (Å²) in [5.74, 6) is 0. The van der Waals surface area contributed by atoms with E-state index in [2.05, 4.69) is 4.98 Å². The van der Waals surface area contributed by atoms with Crippen LogP contribution in [0.15, 0.2) is 41.2 Å². The number of imidazole rings is 1. The van der Waals surface area contributed by atoms with E-state index in [4.69, 9.17) is 0 Å². The summed E-state index contributed by atoms with van der Waals surface area (Å²) in [6, 6.07) is 10.8. The Morgan fingerprint density at radius 3 is 2.76 bits per heavy atom. The molecule has 2 aromatic heterocycles. The molecule has 0 amide bonds. The van der Waals surface area contributed by atoms with Crippen molar-refractivity contribution in [3.63, 3.8) is 0 Å². The molecule has 0 N–H and O–H groups in total. The number of hydrogen-bond donors (Lipinski definition) is 0. The molecule has 0 aliphatic carbocycles. The maximum absolute atomic E-state index is 12.7. The molecule has 4 aromatic rings. The standard InChI is InChI=1S/C18H13N3O3S/c1-10-7-12(8-15(11(10)2)21(23)24)9-16-17(22)20-14-6-4-3-5-13(14)19-18(20)25-16/h3-9H,1-2H3/b16-9+. The SMILES string of the molecule is Cc1cc(/C=c2/sc3nc4ccccc4n3c2=O)cc([N+](=O)[O-])c1C. The molecule has 2 heterocycles. The number of para-hydroxylation sites is 2. The summed E-state index contributed by atoms with van der Waals surface area (Å²) >= 11 is 1.28. The molecule has 0 fully saturated rings. The lowest BCUT2D eigenvalue weighted by Gasteiger charge is -2.03. The van der Waals surface area contributed by atoms with Crippen LogP contribution in [0.25, 0.3) is 22.1 Å². The van der Waals surface area contributed by atoms with Gasteiger partial charge in [0.25, 0.3) is 11.2 Å². The average molecular weight is 351 g/mol. The van der Waals surface area contributed by atoms with E-state index in [1.807, 2.05) is 37.3 Å². The van der Waals surface area contributed by atoms with Gasteiger partial charge in [0.15, 0.2) is 4.96 Å². The number of aromatic nitrogens is 2.